The fourth-order valence-corrected chi connectivity index (χ4v) is 2.75. The maximum atomic E-state index is 12.1. The summed E-state index contributed by atoms with van der Waals surface area (Å²) in [5, 5.41) is 27.0. The average molecular weight is 397 g/mol. The topological polar surface area (TPSA) is 135 Å². The number of nitro benzene ring substituents is 1. The SMILES string of the molecule is Cc1cc([N+](=O)[O-])ccc1NC(=O)C(=O)NCC(C)(O)c1cc2ccccc2o1. The number of fused-ring (bicyclic) bond motifs is 1. The van der Waals surface area contributed by atoms with Gasteiger partial charge in [0.1, 0.15) is 16.9 Å². The number of aryl methyl sites for hydroxylation is 1. The minimum atomic E-state index is -1.53. The Kier molecular flexibility index (Phi) is 5.33. The lowest BCUT2D eigenvalue weighted by molar-refractivity contribution is -0.384. The molecule has 1 heterocycles. The molecule has 0 saturated carbocycles. The quantitative estimate of drug-likeness (QED) is 0.344. The third-order valence-corrected chi connectivity index (χ3v) is 4.42. The molecule has 0 fully saturated rings. The molecular weight excluding hydrogens is 378 g/mol. The number of carbonyl (C=O) groups is 2. The van der Waals surface area contributed by atoms with Gasteiger partial charge in [-0.3, -0.25) is 19.7 Å². The Balaban J connectivity index is 1.63. The molecular formula is C20H19N3O6. The number of furan rings is 1. The molecule has 3 rings (SSSR count). The number of nitrogens with one attached hydrogen (secondary N) is 2. The maximum absolute atomic E-state index is 12.1. The van der Waals surface area contributed by atoms with Crippen LogP contribution in [0.3, 0.4) is 0 Å². The molecule has 9 nitrogen and oxygen atoms in total. The van der Waals surface area contributed by atoms with Crippen molar-refractivity contribution in [3.05, 3.63) is 70.0 Å². The van der Waals surface area contributed by atoms with Gasteiger partial charge in [-0.25, -0.2) is 0 Å². The minimum Gasteiger partial charge on any atom is -0.458 e. The first-order valence-electron chi connectivity index (χ1n) is 8.73. The van der Waals surface area contributed by atoms with E-state index in [1.807, 2.05) is 12.1 Å². The van der Waals surface area contributed by atoms with Crippen molar-refractivity contribution in [2.24, 2.45) is 0 Å². The van der Waals surface area contributed by atoms with Crippen molar-refractivity contribution in [2.45, 2.75) is 19.4 Å². The molecule has 9 heteroatoms. The second kappa shape index (κ2) is 7.72. The molecule has 2 amide bonds. The Labute approximate surface area is 165 Å². The normalized spacial score (nSPS) is 12.9. The highest BCUT2D eigenvalue weighted by Gasteiger charge is 2.29. The van der Waals surface area contributed by atoms with Crippen molar-refractivity contribution in [1.29, 1.82) is 0 Å². The van der Waals surface area contributed by atoms with Crippen LogP contribution in [0.2, 0.25) is 0 Å². The molecule has 0 bridgehead atoms. The van der Waals surface area contributed by atoms with E-state index in [9.17, 15) is 24.8 Å². The summed E-state index contributed by atoms with van der Waals surface area (Å²) in [7, 11) is 0. The van der Waals surface area contributed by atoms with Gasteiger partial charge in [0.05, 0.1) is 11.5 Å². The maximum Gasteiger partial charge on any atom is 0.313 e. The van der Waals surface area contributed by atoms with Crippen molar-refractivity contribution in [3.8, 4) is 0 Å². The summed E-state index contributed by atoms with van der Waals surface area (Å²) >= 11 is 0. The van der Waals surface area contributed by atoms with Gasteiger partial charge in [-0.2, -0.15) is 0 Å². The highest BCUT2D eigenvalue weighted by molar-refractivity contribution is 6.39. The number of carbonyl (C=O) groups excluding carboxylic acids is 2. The van der Waals surface area contributed by atoms with Crippen LogP contribution in [0.5, 0.6) is 0 Å². The third kappa shape index (κ3) is 4.41. The van der Waals surface area contributed by atoms with Crippen molar-refractivity contribution < 1.29 is 24.0 Å². The molecule has 0 saturated heterocycles. The van der Waals surface area contributed by atoms with Gasteiger partial charge >= 0.3 is 11.8 Å². The van der Waals surface area contributed by atoms with Gasteiger partial charge in [-0.05, 0) is 37.6 Å². The van der Waals surface area contributed by atoms with E-state index in [4.69, 9.17) is 4.42 Å². The fraction of sp³-hybridized carbons (Fsp3) is 0.200. The van der Waals surface area contributed by atoms with Crippen LogP contribution in [0.15, 0.2) is 52.9 Å². The van der Waals surface area contributed by atoms with Crippen LogP contribution in [0.1, 0.15) is 18.2 Å². The molecule has 0 spiro atoms. The van der Waals surface area contributed by atoms with E-state index in [1.165, 1.54) is 25.1 Å². The van der Waals surface area contributed by atoms with E-state index in [-0.39, 0.29) is 23.7 Å². The Morgan fingerprint density at radius 2 is 1.90 bits per heavy atom. The van der Waals surface area contributed by atoms with Gasteiger partial charge in [-0.15, -0.1) is 0 Å². The predicted molar refractivity (Wildman–Crippen MR) is 105 cm³/mol. The van der Waals surface area contributed by atoms with Crippen LogP contribution >= 0.6 is 0 Å². The van der Waals surface area contributed by atoms with Gasteiger partial charge < -0.3 is 20.2 Å². The van der Waals surface area contributed by atoms with Crippen molar-refractivity contribution in [3.63, 3.8) is 0 Å². The first-order valence-corrected chi connectivity index (χ1v) is 8.73. The number of rotatable bonds is 5. The highest BCUT2D eigenvalue weighted by Crippen LogP contribution is 2.27. The summed E-state index contributed by atoms with van der Waals surface area (Å²) in [5.41, 5.74) is -0.333. The zero-order valence-electron chi connectivity index (χ0n) is 15.8. The lowest BCUT2D eigenvalue weighted by Gasteiger charge is -2.21. The molecule has 0 aliphatic carbocycles. The molecule has 1 aromatic heterocycles. The number of anilines is 1. The molecule has 3 N–H and O–H groups in total. The number of amides is 2. The number of para-hydroxylation sites is 1. The van der Waals surface area contributed by atoms with Crippen LogP contribution in [-0.2, 0) is 15.2 Å². The second-order valence-electron chi connectivity index (χ2n) is 6.82. The van der Waals surface area contributed by atoms with E-state index in [2.05, 4.69) is 10.6 Å². The fourth-order valence-electron chi connectivity index (χ4n) is 2.75. The monoisotopic (exact) mass is 397 g/mol. The summed E-state index contributed by atoms with van der Waals surface area (Å²) in [4.78, 5) is 34.4. The molecule has 0 radical (unpaired) electrons. The number of benzene rings is 2. The zero-order valence-corrected chi connectivity index (χ0v) is 15.8. The Morgan fingerprint density at radius 1 is 1.17 bits per heavy atom. The number of nitro groups is 1. The summed E-state index contributed by atoms with van der Waals surface area (Å²) < 4.78 is 5.61. The van der Waals surface area contributed by atoms with E-state index in [0.29, 0.717) is 11.1 Å². The van der Waals surface area contributed by atoms with Gasteiger partial charge in [0.15, 0.2) is 0 Å². The molecule has 2 aromatic carbocycles. The van der Waals surface area contributed by atoms with Crippen LogP contribution in [-0.4, -0.2) is 28.4 Å². The Bertz CT molecular complexity index is 1070. The number of aliphatic hydroxyl groups is 1. The van der Waals surface area contributed by atoms with E-state index in [0.717, 1.165) is 5.39 Å². The van der Waals surface area contributed by atoms with Gasteiger partial charge in [0.2, 0.25) is 0 Å². The number of nitrogens with zero attached hydrogens (tertiary/aromatic N) is 1. The summed E-state index contributed by atoms with van der Waals surface area (Å²) in [6, 6.07) is 12.8. The standard InChI is InChI=1S/C20H19N3O6/c1-12-9-14(23(27)28)7-8-15(12)22-19(25)18(24)21-11-20(2,26)17-10-13-5-3-4-6-16(13)29-17/h3-10,26H,11H2,1-2H3,(H,21,24)(H,22,25). The average Bonchev–Trinajstić information content (AvgIpc) is 3.12. The lowest BCUT2D eigenvalue weighted by Crippen LogP contribution is -2.43. The number of hydrogen-bond donors (Lipinski definition) is 3. The molecule has 150 valence electrons. The first kappa shape index (κ1) is 20.0. The van der Waals surface area contributed by atoms with Crippen molar-refractivity contribution in [2.75, 3.05) is 11.9 Å². The van der Waals surface area contributed by atoms with Crippen LogP contribution < -0.4 is 10.6 Å². The molecule has 29 heavy (non-hydrogen) atoms. The molecule has 1 atom stereocenters. The zero-order chi connectivity index (χ0) is 21.2. The molecule has 0 aliphatic heterocycles. The van der Waals surface area contributed by atoms with Gasteiger partial charge in [0, 0.05) is 23.2 Å². The first-order chi connectivity index (χ1) is 13.7. The van der Waals surface area contributed by atoms with Crippen LogP contribution in [0, 0.1) is 17.0 Å². The van der Waals surface area contributed by atoms with Crippen LogP contribution in [0.25, 0.3) is 11.0 Å². The predicted octanol–water partition coefficient (Wildman–Crippen LogP) is 2.61. The van der Waals surface area contributed by atoms with E-state index in [1.54, 1.807) is 25.1 Å². The highest BCUT2D eigenvalue weighted by atomic mass is 16.6. The van der Waals surface area contributed by atoms with Gasteiger partial charge in [-0.1, -0.05) is 18.2 Å². The van der Waals surface area contributed by atoms with E-state index < -0.39 is 22.3 Å². The second-order valence-corrected chi connectivity index (χ2v) is 6.82. The number of non-ortho nitro benzene ring substituents is 1. The molecule has 3 aromatic rings. The molecule has 1 unspecified atom stereocenters. The van der Waals surface area contributed by atoms with Crippen LogP contribution in [0.4, 0.5) is 11.4 Å². The number of hydrogen-bond acceptors (Lipinski definition) is 6. The molecule has 0 aliphatic rings. The van der Waals surface area contributed by atoms with Crippen molar-refractivity contribution >= 4 is 34.2 Å². The van der Waals surface area contributed by atoms with E-state index >= 15 is 0 Å². The van der Waals surface area contributed by atoms with Crippen molar-refractivity contribution in [1.82, 2.24) is 5.32 Å². The summed E-state index contributed by atoms with van der Waals surface area (Å²) in [6.07, 6.45) is 0. The lowest BCUT2D eigenvalue weighted by atomic mass is 10.0. The largest absolute Gasteiger partial charge is 0.458 e. The van der Waals surface area contributed by atoms with Gasteiger partial charge in [0.25, 0.3) is 5.69 Å². The smallest absolute Gasteiger partial charge is 0.313 e. The Morgan fingerprint density at radius 3 is 2.55 bits per heavy atom. The Hall–Kier alpha value is -3.72. The third-order valence-electron chi connectivity index (χ3n) is 4.42. The summed E-state index contributed by atoms with van der Waals surface area (Å²) in [5.74, 6) is -1.66. The minimum absolute atomic E-state index is 0.119. The summed E-state index contributed by atoms with van der Waals surface area (Å²) in [6.45, 7) is 2.79.